The molecule has 8 rings (SSSR count). The van der Waals surface area contributed by atoms with Gasteiger partial charge in [0.05, 0.1) is 22.1 Å². The van der Waals surface area contributed by atoms with E-state index in [2.05, 4.69) is 118 Å². The fourth-order valence-corrected chi connectivity index (χ4v) is 7.30. The lowest BCUT2D eigenvalue weighted by atomic mass is 9.65. The zero-order valence-electron chi connectivity index (χ0n) is 18.0. The minimum Gasteiger partial charge on any atom is -0.307 e. The number of hydrogen-bond acceptors (Lipinski definition) is 0. The second kappa shape index (κ2) is 6.41. The normalized spacial score (nSPS) is 14.4. The Bertz CT molecular complexity index is 1800. The molecule has 0 atom stereocenters. The van der Waals surface area contributed by atoms with Gasteiger partial charge in [0.25, 0.3) is 0 Å². The Kier molecular flexibility index (Phi) is 3.59. The molecular formula is C31H17BrClN. The molecular weight excluding hydrogens is 502 g/mol. The molecule has 0 fully saturated rings. The van der Waals surface area contributed by atoms with Gasteiger partial charge in [0.2, 0.25) is 0 Å². The summed E-state index contributed by atoms with van der Waals surface area (Å²) in [4.78, 5) is 0. The number of para-hydroxylation sites is 2. The van der Waals surface area contributed by atoms with Crippen molar-refractivity contribution in [1.82, 2.24) is 4.57 Å². The molecule has 1 aliphatic heterocycles. The van der Waals surface area contributed by atoms with Crippen LogP contribution in [0.5, 0.6) is 0 Å². The van der Waals surface area contributed by atoms with Crippen LogP contribution in [0, 0.1) is 0 Å². The van der Waals surface area contributed by atoms with E-state index in [0.29, 0.717) is 0 Å². The largest absolute Gasteiger partial charge is 0.307 e. The molecule has 0 bridgehead atoms. The Morgan fingerprint density at radius 1 is 0.618 bits per heavy atom. The van der Waals surface area contributed by atoms with Gasteiger partial charge < -0.3 is 4.57 Å². The smallest absolute Gasteiger partial charge is 0.0754 e. The highest BCUT2D eigenvalue weighted by Crippen LogP contribution is 2.61. The second-order valence-corrected chi connectivity index (χ2v) is 10.5. The number of nitrogens with zero attached hydrogens (tertiary/aromatic N) is 1. The molecule has 0 amide bonds. The number of aromatic nitrogens is 1. The van der Waals surface area contributed by atoms with Gasteiger partial charge in [-0.3, -0.25) is 0 Å². The van der Waals surface area contributed by atoms with Gasteiger partial charge in [0, 0.05) is 20.3 Å². The van der Waals surface area contributed by atoms with Gasteiger partial charge in [-0.15, -0.1) is 0 Å². The van der Waals surface area contributed by atoms with E-state index in [1.807, 2.05) is 6.07 Å². The summed E-state index contributed by atoms with van der Waals surface area (Å²) < 4.78 is 3.53. The molecule has 0 saturated heterocycles. The Hall–Kier alpha value is -3.33. The fraction of sp³-hybridized carbons (Fsp3) is 0.0323. The van der Waals surface area contributed by atoms with Crippen molar-refractivity contribution in [2.75, 3.05) is 0 Å². The zero-order valence-corrected chi connectivity index (χ0v) is 20.4. The minimum atomic E-state index is -0.389. The van der Waals surface area contributed by atoms with Crippen molar-refractivity contribution < 1.29 is 0 Å². The molecule has 0 unspecified atom stereocenters. The molecule has 34 heavy (non-hydrogen) atoms. The predicted octanol–water partition coefficient (Wildman–Crippen LogP) is 8.88. The molecule has 0 radical (unpaired) electrons. The maximum Gasteiger partial charge on any atom is 0.0754 e. The van der Waals surface area contributed by atoms with Gasteiger partial charge in [-0.25, -0.2) is 0 Å². The molecule has 6 aromatic rings. The SMILES string of the molecule is Clc1ccc2c(c1)c1cccc3c1n2-c1c(Br)cccc1C31c2ccccc2-c2ccccc21. The lowest BCUT2D eigenvalue weighted by Crippen LogP contribution is -2.33. The summed E-state index contributed by atoms with van der Waals surface area (Å²) in [6.45, 7) is 0. The minimum absolute atomic E-state index is 0.389. The third-order valence-electron chi connectivity index (χ3n) is 7.72. The van der Waals surface area contributed by atoms with Crippen molar-refractivity contribution >= 4 is 49.3 Å². The third-order valence-corrected chi connectivity index (χ3v) is 8.60. The first kappa shape index (κ1) is 19.0. The van der Waals surface area contributed by atoms with Gasteiger partial charge in [-0.05, 0) is 73.6 Å². The molecule has 1 spiro atoms. The molecule has 2 heterocycles. The molecule has 1 nitrogen and oxygen atoms in total. The van der Waals surface area contributed by atoms with Gasteiger partial charge in [0.1, 0.15) is 0 Å². The van der Waals surface area contributed by atoms with Crippen LogP contribution < -0.4 is 0 Å². The summed E-state index contributed by atoms with van der Waals surface area (Å²) in [6, 6.07) is 37.5. The van der Waals surface area contributed by atoms with E-state index in [1.54, 1.807) is 0 Å². The van der Waals surface area contributed by atoms with Crippen molar-refractivity contribution in [1.29, 1.82) is 0 Å². The van der Waals surface area contributed by atoms with Crippen molar-refractivity contribution in [2.24, 2.45) is 0 Å². The van der Waals surface area contributed by atoms with E-state index in [-0.39, 0.29) is 5.41 Å². The van der Waals surface area contributed by atoms with Crippen LogP contribution in [0.3, 0.4) is 0 Å². The summed E-state index contributed by atoms with van der Waals surface area (Å²) in [5, 5.41) is 3.18. The van der Waals surface area contributed by atoms with Crippen LogP contribution in [-0.2, 0) is 5.41 Å². The van der Waals surface area contributed by atoms with Crippen molar-refractivity contribution in [3.8, 4) is 16.8 Å². The first-order valence-electron chi connectivity index (χ1n) is 11.4. The van der Waals surface area contributed by atoms with Crippen molar-refractivity contribution in [2.45, 2.75) is 5.41 Å². The quantitative estimate of drug-likeness (QED) is 0.189. The third kappa shape index (κ3) is 2.04. The molecule has 160 valence electrons. The van der Waals surface area contributed by atoms with Crippen LogP contribution in [0.1, 0.15) is 22.3 Å². The van der Waals surface area contributed by atoms with E-state index in [0.717, 1.165) is 9.50 Å². The highest BCUT2D eigenvalue weighted by Gasteiger charge is 2.50. The van der Waals surface area contributed by atoms with Crippen LogP contribution >= 0.6 is 27.5 Å². The average Bonchev–Trinajstić information content (AvgIpc) is 3.35. The van der Waals surface area contributed by atoms with Gasteiger partial charge in [-0.1, -0.05) is 90.5 Å². The molecule has 3 heteroatoms. The maximum atomic E-state index is 6.49. The molecule has 0 N–H and O–H groups in total. The number of fused-ring (bicyclic) bond motifs is 12. The predicted molar refractivity (Wildman–Crippen MR) is 144 cm³/mol. The van der Waals surface area contributed by atoms with Gasteiger partial charge >= 0.3 is 0 Å². The van der Waals surface area contributed by atoms with Crippen molar-refractivity contribution in [3.63, 3.8) is 0 Å². The van der Waals surface area contributed by atoms with E-state index < -0.39 is 0 Å². The topological polar surface area (TPSA) is 4.93 Å². The number of hydrogen-bond donors (Lipinski definition) is 0. The van der Waals surface area contributed by atoms with E-state index in [9.17, 15) is 0 Å². The summed E-state index contributed by atoms with van der Waals surface area (Å²) in [7, 11) is 0. The fourth-order valence-electron chi connectivity index (χ4n) is 6.58. The van der Waals surface area contributed by atoms with Crippen LogP contribution in [0.25, 0.3) is 38.6 Å². The Balaban J connectivity index is 1.71. The first-order chi connectivity index (χ1) is 16.7. The molecule has 5 aromatic carbocycles. The summed E-state index contributed by atoms with van der Waals surface area (Å²) in [5.74, 6) is 0. The lowest BCUT2D eigenvalue weighted by molar-refractivity contribution is 0.747. The number of halogens is 2. The summed E-state index contributed by atoms with van der Waals surface area (Å²) in [5.41, 5.74) is 11.2. The molecule has 2 aliphatic rings. The summed E-state index contributed by atoms with van der Waals surface area (Å²) in [6.07, 6.45) is 0. The number of benzene rings is 5. The zero-order chi connectivity index (χ0) is 22.6. The standard InChI is InChI=1S/C31H17BrClN/c32-27-14-6-13-26-30(27)34-28-16-15-18(33)17-22(28)21-9-5-12-25(29(21)34)31(26)23-10-3-1-7-19(23)20-8-2-4-11-24(20)31/h1-17H. The highest BCUT2D eigenvalue weighted by atomic mass is 79.9. The van der Waals surface area contributed by atoms with E-state index in [1.165, 1.54) is 60.9 Å². The lowest BCUT2D eigenvalue weighted by Gasteiger charge is -2.40. The van der Waals surface area contributed by atoms with Crippen LogP contribution in [0.4, 0.5) is 0 Å². The Morgan fingerprint density at radius 2 is 1.26 bits per heavy atom. The van der Waals surface area contributed by atoms with Crippen LogP contribution in [0.15, 0.2) is 108 Å². The highest BCUT2D eigenvalue weighted by molar-refractivity contribution is 9.10. The monoisotopic (exact) mass is 517 g/mol. The Morgan fingerprint density at radius 3 is 2.03 bits per heavy atom. The van der Waals surface area contributed by atoms with Crippen LogP contribution in [0.2, 0.25) is 5.02 Å². The van der Waals surface area contributed by atoms with Gasteiger partial charge in [-0.2, -0.15) is 0 Å². The van der Waals surface area contributed by atoms with E-state index >= 15 is 0 Å². The Labute approximate surface area is 210 Å². The second-order valence-electron chi connectivity index (χ2n) is 9.18. The molecule has 1 aliphatic carbocycles. The first-order valence-corrected chi connectivity index (χ1v) is 12.6. The summed E-state index contributed by atoms with van der Waals surface area (Å²) >= 11 is 10.4. The molecule has 0 saturated carbocycles. The van der Waals surface area contributed by atoms with E-state index in [4.69, 9.17) is 11.6 Å². The van der Waals surface area contributed by atoms with Gasteiger partial charge in [0.15, 0.2) is 0 Å². The average molecular weight is 519 g/mol. The number of rotatable bonds is 0. The molecule has 1 aromatic heterocycles. The maximum absolute atomic E-state index is 6.49. The van der Waals surface area contributed by atoms with Crippen LogP contribution in [-0.4, -0.2) is 4.57 Å². The van der Waals surface area contributed by atoms with Crippen molar-refractivity contribution in [3.05, 3.63) is 135 Å².